The zero-order chi connectivity index (χ0) is 13.9. The third-order valence-electron chi connectivity index (χ3n) is 4.54. The third-order valence-corrected chi connectivity index (χ3v) is 4.54. The minimum absolute atomic E-state index is 0.221. The fraction of sp³-hybridized carbons (Fsp3) is 0.588. The van der Waals surface area contributed by atoms with E-state index in [-0.39, 0.29) is 11.8 Å². The summed E-state index contributed by atoms with van der Waals surface area (Å²) in [6.45, 7) is 6.32. The molecule has 1 N–H and O–H groups in total. The van der Waals surface area contributed by atoms with Crippen LogP contribution in [0.25, 0.3) is 0 Å². The molecule has 3 rings (SSSR count). The molecule has 1 aliphatic carbocycles. The van der Waals surface area contributed by atoms with Crippen molar-refractivity contribution >= 4 is 5.91 Å². The average Bonchev–Trinajstić information content (AvgIpc) is 2.98. The predicted octanol–water partition coefficient (Wildman–Crippen LogP) is 2.55. The van der Waals surface area contributed by atoms with E-state index in [1.165, 1.54) is 37.1 Å². The van der Waals surface area contributed by atoms with Crippen LogP contribution in [0.2, 0.25) is 0 Å². The maximum absolute atomic E-state index is 11.8. The van der Waals surface area contributed by atoms with Crippen molar-refractivity contribution in [3.05, 3.63) is 35.4 Å². The fourth-order valence-electron chi connectivity index (χ4n) is 2.97. The van der Waals surface area contributed by atoms with Gasteiger partial charge >= 0.3 is 0 Å². The van der Waals surface area contributed by atoms with Gasteiger partial charge < -0.3 is 5.32 Å². The largest absolute Gasteiger partial charge is 0.352 e. The Balaban J connectivity index is 1.47. The molecule has 108 valence electrons. The van der Waals surface area contributed by atoms with E-state index < -0.39 is 0 Å². The van der Waals surface area contributed by atoms with Gasteiger partial charge in [0.2, 0.25) is 5.91 Å². The Hall–Kier alpha value is -1.35. The van der Waals surface area contributed by atoms with Crippen LogP contribution < -0.4 is 5.32 Å². The summed E-state index contributed by atoms with van der Waals surface area (Å²) < 4.78 is 0. The molecular formula is C17H24N2O. The number of nitrogens with one attached hydrogen (secondary N) is 1. The van der Waals surface area contributed by atoms with Crippen molar-refractivity contribution in [1.29, 1.82) is 0 Å². The lowest BCUT2D eigenvalue weighted by Crippen LogP contribution is -2.24. The first kappa shape index (κ1) is 13.6. The number of nitrogens with zero attached hydrogens (tertiary/aromatic N) is 1. The van der Waals surface area contributed by atoms with E-state index in [4.69, 9.17) is 0 Å². The molecule has 1 saturated heterocycles. The number of carbonyl (C=O) groups excluding carboxylic acids is 1. The Bertz CT molecular complexity index is 462. The molecule has 20 heavy (non-hydrogen) atoms. The van der Waals surface area contributed by atoms with Gasteiger partial charge in [-0.15, -0.1) is 0 Å². The average molecular weight is 272 g/mol. The molecule has 1 aliphatic heterocycles. The van der Waals surface area contributed by atoms with E-state index >= 15 is 0 Å². The van der Waals surface area contributed by atoms with Crippen LogP contribution in [-0.4, -0.2) is 23.9 Å². The molecule has 1 heterocycles. The van der Waals surface area contributed by atoms with E-state index in [0.717, 1.165) is 13.0 Å². The number of hydrogen-bond acceptors (Lipinski definition) is 2. The summed E-state index contributed by atoms with van der Waals surface area (Å²) in [6, 6.07) is 8.67. The molecule has 0 unspecified atom stereocenters. The van der Waals surface area contributed by atoms with Gasteiger partial charge in [-0.3, -0.25) is 9.69 Å². The first-order chi connectivity index (χ1) is 9.72. The summed E-state index contributed by atoms with van der Waals surface area (Å²) in [4.78, 5) is 14.3. The van der Waals surface area contributed by atoms with E-state index in [1.807, 2.05) is 0 Å². The van der Waals surface area contributed by atoms with Gasteiger partial charge in [0.1, 0.15) is 0 Å². The van der Waals surface area contributed by atoms with Gasteiger partial charge in [0.25, 0.3) is 0 Å². The van der Waals surface area contributed by atoms with Crippen molar-refractivity contribution in [2.24, 2.45) is 11.8 Å². The van der Waals surface area contributed by atoms with Gasteiger partial charge in [-0.2, -0.15) is 0 Å². The molecule has 2 atom stereocenters. The second-order valence-electron chi connectivity index (χ2n) is 6.34. The summed E-state index contributed by atoms with van der Waals surface area (Å²) in [5.41, 5.74) is 2.56. The molecule has 0 radical (unpaired) electrons. The summed E-state index contributed by atoms with van der Waals surface area (Å²) in [6.07, 6.45) is 3.73. The molecular weight excluding hydrogens is 248 g/mol. The molecule has 1 saturated carbocycles. The highest BCUT2D eigenvalue weighted by molar-refractivity contribution is 5.81. The van der Waals surface area contributed by atoms with Crippen LogP contribution in [0.15, 0.2) is 24.3 Å². The highest BCUT2D eigenvalue weighted by atomic mass is 16.2. The minimum Gasteiger partial charge on any atom is -0.352 e. The van der Waals surface area contributed by atoms with Crippen LogP contribution in [0, 0.1) is 11.8 Å². The highest BCUT2D eigenvalue weighted by Gasteiger charge is 2.38. The van der Waals surface area contributed by atoms with Crippen LogP contribution >= 0.6 is 0 Å². The quantitative estimate of drug-likeness (QED) is 0.893. The number of hydrogen-bond donors (Lipinski definition) is 1. The monoisotopic (exact) mass is 272 g/mol. The van der Waals surface area contributed by atoms with Crippen molar-refractivity contribution in [3.63, 3.8) is 0 Å². The van der Waals surface area contributed by atoms with Gasteiger partial charge in [-0.25, -0.2) is 0 Å². The van der Waals surface area contributed by atoms with Crippen molar-refractivity contribution in [2.75, 3.05) is 13.1 Å². The van der Waals surface area contributed by atoms with E-state index in [1.54, 1.807) is 0 Å². The van der Waals surface area contributed by atoms with Gasteiger partial charge in [0.05, 0.1) is 0 Å². The molecule has 0 spiro atoms. The van der Waals surface area contributed by atoms with Crippen LogP contribution in [0.5, 0.6) is 0 Å². The first-order valence-electron chi connectivity index (χ1n) is 7.80. The zero-order valence-corrected chi connectivity index (χ0v) is 12.3. The molecule has 0 bridgehead atoms. The smallest absolute Gasteiger partial charge is 0.223 e. The van der Waals surface area contributed by atoms with E-state index in [9.17, 15) is 4.79 Å². The molecule has 3 nitrogen and oxygen atoms in total. The molecule has 2 aliphatic rings. The Labute approximate surface area is 121 Å². The van der Waals surface area contributed by atoms with E-state index in [0.29, 0.717) is 12.5 Å². The molecule has 1 amide bonds. The number of likely N-dealkylation sites (tertiary alicyclic amines) is 1. The lowest BCUT2D eigenvalue weighted by Gasteiger charge is -2.14. The zero-order valence-electron chi connectivity index (χ0n) is 12.3. The van der Waals surface area contributed by atoms with Crippen LogP contribution in [0.3, 0.4) is 0 Å². The Morgan fingerprint density at radius 1 is 1.20 bits per heavy atom. The van der Waals surface area contributed by atoms with Gasteiger partial charge in [-0.05, 0) is 49.4 Å². The molecule has 1 aromatic rings. The Kier molecular flexibility index (Phi) is 4.06. The summed E-state index contributed by atoms with van der Waals surface area (Å²) in [7, 11) is 0. The lowest BCUT2D eigenvalue weighted by molar-refractivity contribution is -0.122. The van der Waals surface area contributed by atoms with Crippen LogP contribution in [-0.2, 0) is 17.9 Å². The Morgan fingerprint density at radius 2 is 1.80 bits per heavy atom. The number of benzene rings is 1. The molecule has 1 aromatic carbocycles. The maximum Gasteiger partial charge on any atom is 0.223 e. The maximum atomic E-state index is 11.8. The summed E-state index contributed by atoms with van der Waals surface area (Å²) in [5.74, 6) is 1.07. The minimum atomic E-state index is 0.221. The van der Waals surface area contributed by atoms with Crippen molar-refractivity contribution in [1.82, 2.24) is 10.2 Å². The number of carbonyl (C=O) groups is 1. The lowest BCUT2D eigenvalue weighted by atomic mass is 10.1. The van der Waals surface area contributed by atoms with Gasteiger partial charge in [-0.1, -0.05) is 31.2 Å². The van der Waals surface area contributed by atoms with Gasteiger partial charge in [0, 0.05) is 19.0 Å². The molecule has 2 fully saturated rings. The van der Waals surface area contributed by atoms with E-state index in [2.05, 4.69) is 41.4 Å². The molecule has 0 aromatic heterocycles. The van der Waals surface area contributed by atoms with Crippen LogP contribution in [0.4, 0.5) is 0 Å². The second-order valence-corrected chi connectivity index (χ2v) is 6.34. The first-order valence-corrected chi connectivity index (χ1v) is 7.80. The SMILES string of the molecule is C[C@@H]1C[C@H]1C(=O)NCc1ccc(CN2CCCC2)cc1. The summed E-state index contributed by atoms with van der Waals surface area (Å²) >= 11 is 0. The van der Waals surface area contributed by atoms with Crippen molar-refractivity contribution < 1.29 is 4.79 Å². The standard InChI is InChI=1S/C17H24N2O/c1-13-10-16(13)17(20)18-11-14-4-6-15(7-5-14)12-19-8-2-3-9-19/h4-7,13,16H,2-3,8-12H2,1H3,(H,18,20)/t13-,16-/m1/s1. The number of rotatable bonds is 5. The van der Waals surface area contributed by atoms with Crippen molar-refractivity contribution in [2.45, 2.75) is 39.3 Å². The highest BCUT2D eigenvalue weighted by Crippen LogP contribution is 2.37. The summed E-state index contributed by atoms with van der Waals surface area (Å²) in [5, 5.41) is 3.03. The molecule has 3 heteroatoms. The number of amides is 1. The van der Waals surface area contributed by atoms with Crippen LogP contribution in [0.1, 0.15) is 37.3 Å². The normalized spacial score (nSPS) is 25.6. The third kappa shape index (κ3) is 3.40. The topological polar surface area (TPSA) is 32.3 Å². The second kappa shape index (κ2) is 5.96. The Morgan fingerprint density at radius 3 is 2.40 bits per heavy atom. The van der Waals surface area contributed by atoms with Gasteiger partial charge in [0.15, 0.2) is 0 Å². The van der Waals surface area contributed by atoms with Crippen molar-refractivity contribution in [3.8, 4) is 0 Å². The predicted molar refractivity (Wildman–Crippen MR) is 80.1 cm³/mol. The fourth-order valence-corrected chi connectivity index (χ4v) is 2.97.